The monoisotopic (exact) mass is 315 g/mol. The first-order chi connectivity index (χ1) is 9.51. The number of anilines is 1. The molecule has 1 heterocycles. The SMILES string of the molecule is CNc1cc(SC2CCN(C)CC2)c(Cl)cc1[N+](=O)[O-]. The van der Waals surface area contributed by atoms with Crippen molar-refractivity contribution in [2.24, 2.45) is 0 Å². The molecular formula is C13H18ClN3O2S. The van der Waals surface area contributed by atoms with Gasteiger partial charge in [-0.25, -0.2) is 0 Å². The first kappa shape index (κ1) is 15.4. The number of nitrogens with zero attached hydrogens (tertiary/aromatic N) is 2. The number of nitrogens with one attached hydrogen (secondary N) is 1. The van der Waals surface area contributed by atoms with E-state index in [1.54, 1.807) is 24.9 Å². The van der Waals surface area contributed by atoms with E-state index in [0.29, 0.717) is 16.0 Å². The molecule has 1 aromatic carbocycles. The van der Waals surface area contributed by atoms with Gasteiger partial charge in [0.25, 0.3) is 5.69 Å². The number of likely N-dealkylation sites (tertiary alicyclic amines) is 1. The molecule has 5 nitrogen and oxygen atoms in total. The van der Waals surface area contributed by atoms with Gasteiger partial charge in [-0.1, -0.05) is 11.6 Å². The van der Waals surface area contributed by atoms with E-state index in [4.69, 9.17) is 11.6 Å². The van der Waals surface area contributed by atoms with Crippen LogP contribution in [-0.2, 0) is 0 Å². The largest absolute Gasteiger partial charge is 0.383 e. The van der Waals surface area contributed by atoms with Crippen LogP contribution in [0, 0.1) is 10.1 Å². The Bertz CT molecular complexity index is 505. The molecule has 0 atom stereocenters. The molecule has 0 saturated carbocycles. The molecule has 0 amide bonds. The molecule has 0 aliphatic carbocycles. The molecule has 0 radical (unpaired) electrons. The molecule has 0 aromatic heterocycles. The van der Waals surface area contributed by atoms with Gasteiger partial charge in [0.15, 0.2) is 0 Å². The average molecular weight is 316 g/mol. The Morgan fingerprint density at radius 3 is 2.65 bits per heavy atom. The van der Waals surface area contributed by atoms with Crippen molar-refractivity contribution in [1.29, 1.82) is 0 Å². The van der Waals surface area contributed by atoms with Gasteiger partial charge in [0.05, 0.1) is 9.95 Å². The number of thioether (sulfide) groups is 1. The Morgan fingerprint density at radius 2 is 2.10 bits per heavy atom. The van der Waals surface area contributed by atoms with Gasteiger partial charge in [0.2, 0.25) is 0 Å². The maximum atomic E-state index is 11.0. The third-order valence-corrected chi connectivity index (χ3v) is 5.30. The van der Waals surface area contributed by atoms with E-state index in [0.717, 1.165) is 30.8 Å². The van der Waals surface area contributed by atoms with E-state index < -0.39 is 4.92 Å². The third-order valence-electron chi connectivity index (χ3n) is 3.48. The van der Waals surface area contributed by atoms with Crippen molar-refractivity contribution in [3.63, 3.8) is 0 Å². The Hall–Kier alpha value is -0.980. The fourth-order valence-electron chi connectivity index (χ4n) is 2.27. The minimum atomic E-state index is -0.415. The lowest BCUT2D eigenvalue weighted by molar-refractivity contribution is -0.384. The summed E-state index contributed by atoms with van der Waals surface area (Å²) in [5.74, 6) is 0. The second-order valence-electron chi connectivity index (χ2n) is 4.93. The highest BCUT2D eigenvalue weighted by Crippen LogP contribution is 2.39. The van der Waals surface area contributed by atoms with Crippen LogP contribution in [0.3, 0.4) is 0 Å². The highest BCUT2D eigenvalue weighted by Gasteiger charge is 2.22. The zero-order valence-corrected chi connectivity index (χ0v) is 13.1. The van der Waals surface area contributed by atoms with Crippen LogP contribution in [0.2, 0.25) is 5.02 Å². The van der Waals surface area contributed by atoms with Crippen LogP contribution in [0.5, 0.6) is 0 Å². The summed E-state index contributed by atoms with van der Waals surface area (Å²) in [5.41, 5.74) is 0.528. The van der Waals surface area contributed by atoms with Gasteiger partial charge in [-0.15, -0.1) is 11.8 Å². The summed E-state index contributed by atoms with van der Waals surface area (Å²) in [4.78, 5) is 13.8. The molecule has 20 heavy (non-hydrogen) atoms. The molecule has 1 N–H and O–H groups in total. The number of nitro benzene ring substituents is 1. The molecule has 0 bridgehead atoms. The highest BCUT2D eigenvalue weighted by molar-refractivity contribution is 8.00. The topological polar surface area (TPSA) is 58.4 Å². The number of rotatable bonds is 4. The molecule has 2 rings (SSSR count). The van der Waals surface area contributed by atoms with Crippen LogP contribution in [-0.4, -0.2) is 42.3 Å². The van der Waals surface area contributed by atoms with Crippen LogP contribution >= 0.6 is 23.4 Å². The summed E-state index contributed by atoms with van der Waals surface area (Å²) in [6, 6.07) is 3.22. The Labute approximate surface area is 127 Å². The fraction of sp³-hybridized carbons (Fsp3) is 0.538. The normalized spacial score (nSPS) is 17.1. The molecule has 110 valence electrons. The van der Waals surface area contributed by atoms with Gasteiger partial charge in [0, 0.05) is 23.3 Å². The maximum Gasteiger partial charge on any atom is 0.293 e. The Balaban J connectivity index is 2.17. The Kier molecular flexibility index (Phi) is 5.12. The van der Waals surface area contributed by atoms with Crippen molar-refractivity contribution in [2.45, 2.75) is 23.0 Å². The molecule has 7 heteroatoms. The van der Waals surface area contributed by atoms with Crippen molar-refractivity contribution in [3.05, 3.63) is 27.3 Å². The molecule has 1 saturated heterocycles. The van der Waals surface area contributed by atoms with Crippen LogP contribution in [0.4, 0.5) is 11.4 Å². The number of hydrogen-bond donors (Lipinski definition) is 1. The molecule has 0 spiro atoms. The van der Waals surface area contributed by atoms with Crippen LogP contribution in [0.1, 0.15) is 12.8 Å². The van der Waals surface area contributed by atoms with E-state index in [2.05, 4.69) is 17.3 Å². The lowest BCUT2D eigenvalue weighted by atomic mass is 10.1. The summed E-state index contributed by atoms with van der Waals surface area (Å²) in [6.45, 7) is 2.17. The average Bonchev–Trinajstić information content (AvgIpc) is 2.42. The highest BCUT2D eigenvalue weighted by atomic mass is 35.5. The van der Waals surface area contributed by atoms with Crippen molar-refractivity contribution in [3.8, 4) is 0 Å². The molecule has 1 aliphatic heterocycles. The van der Waals surface area contributed by atoms with Gasteiger partial charge in [-0.3, -0.25) is 10.1 Å². The van der Waals surface area contributed by atoms with E-state index in [1.807, 2.05) is 0 Å². The predicted octanol–water partition coefficient (Wildman–Crippen LogP) is 3.48. The quantitative estimate of drug-likeness (QED) is 0.681. The third kappa shape index (κ3) is 3.56. The van der Waals surface area contributed by atoms with Crippen molar-refractivity contribution in [1.82, 2.24) is 4.90 Å². The summed E-state index contributed by atoms with van der Waals surface area (Å²) in [7, 11) is 3.80. The van der Waals surface area contributed by atoms with Gasteiger partial charge >= 0.3 is 0 Å². The second-order valence-corrected chi connectivity index (χ2v) is 6.68. The minimum Gasteiger partial charge on any atom is -0.383 e. The number of benzene rings is 1. The van der Waals surface area contributed by atoms with Gasteiger partial charge < -0.3 is 10.2 Å². The summed E-state index contributed by atoms with van der Waals surface area (Å²) in [6.07, 6.45) is 2.23. The first-order valence-electron chi connectivity index (χ1n) is 6.52. The maximum absolute atomic E-state index is 11.0. The van der Waals surface area contributed by atoms with E-state index in [1.165, 1.54) is 6.07 Å². The lowest BCUT2D eigenvalue weighted by Crippen LogP contribution is -2.31. The van der Waals surface area contributed by atoms with Gasteiger partial charge in [-0.2, -0.15) is 0 Å². The van der Waals surface area contributed by atoms with Crippen LogP contribution < -0.4 is 5.32 Å². The van der Waals surface area contributed by atoms with Gasteiger partial charge in [-0.05, 0) is 39.0 Å². The zero-order valence-electron chi connectivity index (χ0n) is 11.6. The first-order valence-corrected chi connectivity index (χ1v) is 7.78. The van der Waals surface area contributed by atoms with Crippen molar-refractivity contribution < 1.29 is 4.92 Å². The van der Waals surface area contributed by atoms with Crippen molar-refractivity contribution >= 4 is 34.7 Å². The van der Waals surface area contributed by atoms with Gasteiger partial charge in [0.1, 0.15) is 5.69 Å². The predicted molar refractivity (Wildman–Crippen MR) is 84.0 cm³/mol. The molecule has 1 aliphatic rings. The molecule has 1 fully saturated rings. The summed E-state index contributed by atoms with van der Waals surface area (Å²) < 4.78 is 0. The standard InChI is InChI=1S/C13H18ClN3O2S/c1-15-11-8-13(10(14)7-12(11)17(18)19)20-9-3-5-16(2)6-4-9/h7-9,15H,3-6H2,1-2H3. The molecule has 0 unspecified atom stereocenters. The molecular weight excluding hydrogens is 298 g/mol. The lowest BCUT2D eigenvalue weighted by Gasteiger charge is -2.28. The van der Waals surface area contributed by atoms with Crippen LogP contribution in [0.15, 0.2) is 17.0 Å². The number of halogens is 1. The number of piperidine rings is 1. The summed E-state index contributed by atoms with van der Waals surface area (Å²) >= 11 is 7.91. The fourth-order valence-corrected chi connectivity index (χ4v) is 3.72. The molecule has 1 aromatic rings. The van der Waals surface area contributed by atoms with E-state index in [9.17, 15) is 10.1 Å². The minimum absolute atomic E-state index is 0.0187. The zero-order chi connectivity index (χ0) is 14.7. The number of hydrogen-bond acceptors (Lipinski definition) is 5. The smallest absolute Gasteiger partial charge is 0.293 e. The second kappa shape index (κ2) is 6.65. The summed E-state index contributed by atoms with van der Waals surface area (Å²) in [5, 5.41) is 14.8. The van der Waals surface area contributed by atoms with E-state index in [-0.39, 0.29) is 5.69 Å². The number of nitro groups is 1. The van der Waals surface area contributed by atoms with Crippen LogP contribution in [0.25, 0.3) is 0 Å². The van der Waals surface area contributed by atoms with E-state index >= 15 is 0 Å². The van der Waals surface area contributed by atoms with Crippen molar-refractivity contribution in [2.75, 3.05) is 32.5 Å². The Morgan fingerprint density at radius 1 is 1.45 bits per heavy atom.